The first-order valence-electron chi connectivity index (χ1n) is 18.9. The normalized spacial score (nSPS) is 13.4. The quantitative estimate of drug-likeness (QED) is 0.166. The Labute approximate surface area is 314 Å². The second kappa shape index (κ2) is 13.1. The van der Waals surface area contributed by atoms with Crippen LogP contribution < -0.4 is 14.5 Å². The number of para-hydroxylation sites is 2. The van der Waals surface area contributed by atoms with Crippen LogP contribution in [-0.2, 0) is 17.3 Å². The minimum Gasteiger partial charge on any atom is -0.457 e. The predicted molar refractivity (Wildman–Crippen MR) is 223 cm³/mol. The van der Waals surface area contributed by atoms with Crippen molar-refractivity contribution in [2.75, 3.05) is 16.5 Å². The van der Waals surface area contributed by atoms with Gasteiger partial charge in [0.25, 0.3) is 0 Å². The molecule has 5 aromatic carbocycles. The van der Waals surface area contributed by atoms with Crippen molar-refractivity contribution in [2.45, 2.75) is 72.6 Å². The lowest BCUT2D eigenvalue weighted by Gasteiger charge is -2.23. The van der Waals surface area contributed by atoms with Crippen molar-refractivity contribution in [3.05, 3.63) is 144 Å². The summed E-state index contributed by atoms with van der Waals surface area (Å²) in [6.07, 6.45) is 3.00. The standard InChI is InChI=1S/C48H50N4O/c1-32(2)25-33-13-11-14-36(26-33)50-31-51(43-18-10-9-17-42(43)50)37-15-12-16-38(29-37)53-39-20-22-41-40-21-19-34(47(3,4)5)27-44(40)52(45(41)30-39)46-28-35(23-24-49-46)48(6,7)8/h9-24,26-30,32H,25,31H2,1-8H3. The molecule has 53 heavy (non-hydrogen) atoms. The second-order valence-corrected chi connectivity index (χ2v) is 17.0. The smallest absolute Gasteiger partial charge is 0.137 e. The van der Waals surface area contributed by atoms with Crippen molar-refractivity contribution >= 4 is 44.6 Å². The van der Waals surface area contributed by atoms with Gasteiger partial charge in [-0.2, -0.15) is 0 Å². The van der Waals surface area contributed by atoms with E-state index in [0.717, 1.165) is 47.1 Å². The maximum Gasteiger partial charge on any atom is 0.137 e. The molecule has 0 bridgehead atoms. The van der Waals surface area contributed by atoms with Crippen LogP contribution in [-0.4, -0.2) is 16.2 Å². The van der Waals surface area contributed by atoms with Crippen LogP contribution in [0.1, 0.15) is 72.1 Å². The lowest BCUT2D eigenvalue weighted by atomic mass is 9.86. The number of nitrogens with zero attached hydrogens (tertiary/aromatic N) is 4. The maximum atomic E-state index is 6.71. The average molecular weight is 699 g/mol. The number of ether oxygens (including phenoxy) is 1. The summed E-state index contributed by atoms with van der Waals surface area (Å²) in [4.78, 5) is 9.72. The van der Waals surface area contributed by atoms with E-state index in [2.05, 4.69) is 185 Å². The monoisotopic (exact) mass is 698 g/mol. The number of benzene rings is 5. The first kappa shape index (κ1) is 34.5. The zero-order chi connectivity index (χ0) is 37.1. The molecule has 268 valence electrons. The number of pyridine rings is 1. The van der Waals surface area contributed by atoms with E-state index in [4.69, 9.17) is 9.72 Å². The molecule has 0 unspecified atom stereocenters. The second-order valence-electron chi connectivity index (χ2n) is 17.0. The molecule has 0 amide bonds. The molecular formula is C48H50N4O. The van der Waals surface area contributed by atoms with Gasteiger partial charge in [-0.15, -0.1) is 0 Å². The molecule has 1 aliphatic heterocycles. The van der Waals surface area contributed by atoms with Crippen LogP contribution in [0.25, 0.3) is 27.6 Å². The van der Waals surface area contributed by atoms with Gasteiger partial charge in [-0.1, -0.05) is 97.9 Å². The number of anilines is 4. The van der Waals surface area contributed by atoms with Crippen molar-refractivity contribution in [3.8, 4) is 17.3 Å². The van der Waals surface area contributed by atoms with Crippen LogP contribution in [0.2, 0.25) is 0 Å². The molecule has 3 heterocycles. The van der Waals surface area contributed by atoms with Crippen LogP contribution >= 0.6 is 0 Å². The lowest BCUT2D eigenvalue weighted by Crippen LogP contribution is -2.24. The van der Waals surface area contributed by atoms with E-state index in [-0.39, 0.29) is 10.8 Å². The molecule has 0 spiro atoms. The van der Waals surface area contributed by atoms with Crippen molar-refractivity contribution in [1.29, 1.82) is 0 Å². The third-order valence-corrected chi connectivity index (χ3v) is 10.4. The number of fused-ring (bicyclic) bond motifs is 4. The van der Waals surface area contributed by atoms with Gasteiger partial charge in [-0.25, -0.2) is 4.98 Å². The summed E-state index contributed by atoms with van der Waals surface area (Å²) in [5, 5.41) is 2.38. The van der Waals surface area contributed by atoms with Crippen LogP contribution in [0.3, 0.4) is 0 Å². The Bertz CT molecular complexity index is 2460. The van der Waals surface area contributed by atoms with Gasteiger partial charge in [0.1, 0.15) is 24.0 Å². The third kappa shape index (κ3) is 6.65. The summed E-state index contributed by atoms with van der Waals surface area (Å²) < 4.78 is 9.02. The van der Waals surface area contributed by atoms with Gasteiger partial charge in [0, 0.05) is 40.5 Å². The molecular weight excluding hydrogens is 649 g/mol. The minimum absolute atomic E-state index is 0.00299. The highest BCUT2D eigenvalue weighted by Crippen LogP contribution is 2.45. The molecule has 0 aliphatic carbocycles. The molecule has 8 rings (SSSR count). The summed E-state index contributed by atoms with van der Waals surface area (Å²) in [5.41, 5.74) is 10.8. The van der Waals surface area contributed by atoms with Crippen LogP contribution in [0.5, 0.6) is 11.5 Å². The largest absolute Gasteiger partial charge is 0.457 e. The predicted octanol–water partition coefficient (Wildman–Crippen LogP) is 13.0. The van der Waals surface area contributed by atoms with E-state index in [0.29, 0.717) is 5.92 Å². The van der Waals surface area contributed by atoms with E-state index in [1.165, 1.54) is 44.5 Å². The summed E-state index contributed by atoms with van der Waals surface area (Å²) >= 11 is 0. The van der Waals surface area contributed by atoms with E-state index < -0.39 is 0 Å². The molecule has 0 fully saturated rings. The number of aromatic nitrogens is 2. The first-order chi connectivity index (χ1) is 25.3. The van der Waals surface area contributed by atoms with Crippen LogP contribution in [0.4, 0.5) is 22.7 Å². The molecule has 0 radical (unpaired) electrons. The number of rotatable bonds is 7. The Morgan fingerprint density at radius 1 is 0.604 bits per heavy atom. The average Bonchev–Trinajstić information content (AvgIpc) is 3.67. The fourth-order valence-electron chi connectivity index (χ4n) is 7.61. The van der Waals surface area contributed by atoms with Gasteiger partial charge in [-0.05, 0) is 107 Å². The van der Waals surface area contributed by atoms with E-state index in [1.807, 2.05) is 12.3 Å². The molecule has 5 heteroatoms. The minimum atomic E-state index is -0.00299. The van der Waals surface area contributed by atoms with Gasteiger partial charge < -0.3 is 14.5 Å². The Hall–Kier alpha value is -5.55. The molecule has 0 atom stereocenters. The van der Waals surface area contributed by atoms with Crippen molar-refractivity contribution < 1.29 is 4.74 Å². The highest BCUT2D eigenvalue weighted by atomic mass is 16.5. The van der Waals surface area contributed by atoms with Gasteiger partial charge >= 0.3 is 0 Å². The molecule has 0 N–H and O–H groups in total. The van der Waals surface area contributed by atoms with E-state index >= 15 is 0 Å². The fourth-order valence-corrected chi connectivity index (χ4v) is 7.61. The summed E-state index contributed by atoms with van der Waals surface area (Å²) in [6.45, 7) is 18.8. The van der Waals surface area contributed by atoms with Gasteiger partial charge in [-0.3, -0.25) is 4.57 Å². The van der Waals surface area contributed by atoms with Gasteiger partial charge in [0.2, 0.25) is 0 Å². The lowest BCUT2D eigenvalue weighted by molar-refractivity contribution is 0.483. The SMILES string of the molecule is CC(C)Cc1cccc(N2CN(c3cccc(Oc4ccc5c6ccc(C(C)(C)C)cc6n(-c6cc(C(C)(C)C)ccn6)c5c4)c3)c3ccccc32)c1. The Kier molecular flexibility index (Phi) is 8.56. The zero-order valence-electron chi connectivity index (χ0n) is 32.3. The Morgan fingerprint density at radius 3 is 1.89 bits per heavy atom. The van der Waals surface area contributed by atoms with Gasteiger partial charge in [0.15, 0.2) is 0 Å². The Morgan fingerprint density at radius 2 is 1.21 bits per heavy atom. The molecule has 5 nitrogen and oxygen atoms in total. The molecule has 0 saturated heterocycles. The third-order valence-electron chi connectivity index (χ3n) is 10.4. The topological polar surface area (TPSA) is 33.5 Å². The van der Waals surface area contributed by atoms with E-state index in [9.17, 15) is 0 Å². The van der Waals surface area contributed by atoms with Crippen LogP contribution in [0.15, 0.2) is 128 Å². The van der Waals surface area contributed by atoms with Crippen molar-refractivity contribution in [3.63, 3.8) is 0 Å². The molecule has 7 aromatic rings. The van der Waals surface area contributed by atoms with Crippen molar-refractivity contribution in [1.82, 2.24) is 9.55 Å². The number of hydrogen-bond donors (Lipinski definition) is 0. The Balaban J connectivity index is 1.17. The summed E-state index contributed by atoms with van der Waals surface area (Å²) in [6, 6.07) is 43.8. The number of hydrogen-bond acceptors (Lipinski definition) is 4. The fraction of sp³-hybridized carbons (Fsp3) is 0.271. The highest BCUT2D eigenvalue weighted by molar-refractivity contribution is 6.09. The summed E-state index contributed by atoms with van der Waals surface area (Å²) in [7, 11) is 0. The van der Waals surface area contributed by atoms with Gasteiger partial charge in [0.05, 0.1) is 22.4 Å². The molecule has 2 aromatic heterocycles. The van der Waals surface area contributed by atoms with Crippen molar-refractivity contribution in [2.24, 2.45) is 5.92 Å². The van der Waals surface area contributed by atoms with E-state index in [1.54, 1.807) is 0 Å². The highest BCUT2D eigenvalue weighted by Gasteiger charge is 2.28. The maximum absolute atomic E-state index is 6.71. The summed E-state index contributed by atoms with van der Waals surface area (Å²) in [5.74, 6) is 3.10. The van der Waals surface area contributed by atoms with Crippen LogP contribution in [0, 0.1) is 5.92 Å². The zero-order valence-corrected chi connectivity index (χ0v) is 32.3. The molecule has 0 saturated carbocycles. The molecule has 1 aliphatic rings. The first-order valence-corrected chi connectivity index (χ1v) is 18.9.